The van der Waals surface area contributed by atoms with Crippen molar-refractivity contribution in [3.05, 3.63) is 52.2 Å². The number of carbonyl (C=O) groups is 2. The Labute approximate surface area is 154 Å². The normalized spacial score (nSPS) is 8.96. The number of benzene rings is 1. The minimum atomic E-state index is -1.13. The second kappa shape index (κ2) is 11.9. The molecule has 2 aromatic rings. The molecule has 0 N–H and O–H groups in total. The van der Waals surface area contributed by atoms with Crippen LogP contribution in [0.5, 0.6) is 5.75 Å². The maximum atomic E-state index is 11.0. The number of rotatable bonds is 5. The zero-order chi connectivity index (χ0) is 16.4. The van der Waals surface area contributed by atoms with Crippen molar-refractivity contribution in [2.45, 2.75) is 13.3 Å². The van der Waals surface area contributed by atoms with Crippen LogP contribution in [0.3, 0.4) is 0 Å². The van der Waals surface area contributed by atoms with Crippen molar-refractivity contribution in [3.8, 4) is 5.75 Å². The van der Waals surface area contributed by atoms with Crippen LogP contribution in [0.4, 0.5) is 0 Å². The molecule has 1 heterocycles. The molecule has 0 saturated carbocycles. The SMILES string of the molecule is CCOc1ccsc1CC(=O)OC.O=C([O-])c1ccccc1.[Ag+]. The van der Waals surface area contributed by atoms with Gasteiger partial charge in [0.2, 0.25) is 0 Å². The Bertz CT molecular complexity index is 598. The average molecular weight is 429 g/mol. The monoisotopic (exact) mass is 428 g/mol. The molecule has 1 aromatic carbocycles. The van der Waals surface area contributed by atoms with Gasteiger partial charge in [0, 0.05) is 0 Å². The summed E-state index contributed by atoms with van der Waals surface area (Å²) in [4.78, 5) is 22.0. The van der Waals surface area contributed by atoms with Crippen LogP contribution in [0.1, 0.15) is 22.2 Å². The van der Waals surface area contributed by atoms with Gasteiger partial charge < -0.3 is 19.4 Å². The summed E-state index contributed by atoms with van der Waals surface area (Å²) in [7, 11) is 1.39. The molecule has 2 rings (SSSR count). The van der Waals surface area contributed by atoms with Gasteiger partial charge >= 0.3 is 28.3 Å². The quantitative estimate of drug-likeness (QED) is 0.536. The Kier molecular flexibility index (Phi) is 11.1. The Morgan fingerprint density at radius 1 is 1.17 bits per heavy atom. The van der Waals surface area contributed by atoms with Crippen LogP contribution < -0.4 is 9.84 Å². The first-order valence-corrected chi connectivity index (χ1v) is 7.48. The van der Waals surface area contributed by atoms with Crippen LogP contribution in [0.15, 0.2) is 41.8 Å². The fourth-order valence-electron chi connectivity index (χ4n) is 1.52. The Morgan fingerprint density at radius 2 is 1.83 bits per heavy atom. The van der Waals surface area contributed by atoms with E-state index in [0.29, 0.717) is 13.0 Å². The Balaban J connectivity index is 0.000000427. The van der Waals surface area contributed by atoms with E-state index in [1.807, 2.05) is 18.4 Å². The first-order valence-electron chi connectivity index (χ1n) is 6.60. The van der Waals surface area contributed by atoms with E-state index in [4.69, 9.17) is 4.74 Å². The van der Waals surface area contributed by atoms with Crippen LogP contribution in [-0.2, 0) is 38.3 Å². The number of ether oxygens (including phenoxy) is 2. The van der Waals surface area contributed by atoms with Crippen molar-refractivity contribution in [1.29, 1.82) is 0 Å². The molecule has 0 aliphatic heterocycles. The first-order chi connectivity index (χ1) is 10.6. The second-order valence-electron chi connectivity index (χ2n) is 4.05. The van der Waals surface area contributed by atoms with E-state index < -0.39 is 5.97 Å². The topological polar surface area (TPSA) is 75.7 Å². The molecule has 0 amide bonds. The molecular weight excluding hydrogens is 412 g/mol. The number of aromatic carboxylic acids is 1. The first kappa shape index (κ1) is 21.4. The van der Waals surface area contributed by atoms with E-state index in [1.54, 1.807) is 18.2 Å². The molecule has 128 valence electrons. The van der Waals surface area contributed by atoms with Crippen LogP contribution in [-0.4, -0.2) is 25.7 Å². The Morgan fingerprint density at radius 3 is 2.30 bits per heavy atom. The molecular formula is C16H17AgO5S. The fraction of sp³-hybridized carbons (Fsp3) is 0.250. The minimum Gasteiger partial charge on any atom is -0.545 e. The van der Waals surface area contributed by atoms with Crippen molar-refractivity contribution < 1.29 is 46.5 Å². The van der Waals surface area contributed by atoms with E-state index in [1.165, 1.54) is 30.6 Å². The van der Waals surface area contributed by atoms with Gasteiger partial charge in [-0.15, -0.1) is 11.3 Å². The summed E-state index contributed by atoms with van der Waals surface area (Å²) in [5.41, 5.74) is 0.220. The number of methoxy groups -OCH3 is 1. The number of carbonyl (C=O) groups excluding carboxylic acids is 2. The third-order valence-electron chi connectivity index (χ3n) is 2.55. The van der Waals surface area contributed by atoms with Gasteiger partial charge in [-0.3, -0.25) is 4.79 Å². The molecule has 0 spiro atoms. The predicted octanol–water partition coefficient (Wildman–Crippen LogP) is 1.91. The van der Waals surface area contributed by atoms with Gasteiger partial charge in [0.1, 0.15) is 5.75 Å². The largest absolute Gasteiger partial charge is 1.00 e. The van der Waals surface area contributed by atoms with Gasteiger partial charge in [0.25, 0.3) is 0 Å². The van der Waals surface area contributed by atoms with E-state index in [-0.39, 0.29) is 33.9 Å². The van der Waals surface area contributed by atoms with Crippen molar-refractivity contribution in [1.82, 2.24) is 0 Å². The smallest absolute Gasteiger partial charge is 0.545 e. The average Bonchev–Trinajstić information content (AvgIpc) is 2.96. The molecule has 5 nitrogen and oxygen atoms in total. The molecule has 0 atom stereocenters. The number of carboxylic acid groups (broad SMARTS) is 1. The summed E-state index contributed by atoms with van der Waals surface area (Å²) in [6, 6.07) is 9.93. The Hall–Kier alpha value is -1.60. The molecule has 0 aliphatic rings. The predicted molar refractivity (Wildman–Crippen MR) is 82.0 cm³/mol. The summed E-state index contributed by atoms with van der Waals surface area (Å²) in [6.45, 7) is 2.53. The van der Waals surface area contributed by atoms with Gasteiger partial charge in [0.05, 0.1) is 31.0 Å². The van der Waals surface area contributed by atoms with Crippen LogP contribution >= 0.6 is 11.3 Å². The van der Waals surface area contributed by atoms with Crippen molar-refractivity contribution in [2.75, 3.05) is 13.7 Å². The van der Waals surface area contributed by atoms with E-state index >= 15 is 0 Å². The van der Waals surface area contributed by atoms with Gasteiger partial charge in [0.15, 0.2) is 0 Å². The van der Waals surface area contributed by atoms with Crippen molar-refractivity contribution in [2.24, 2.45) is 0 Å². The molecule has 23 heavy (non-hydrogen) atoms. The molecule has 0 bridgehead atoms. The summed E-state index contributed by atoms with van der Waals surface area (Å²) in [5.74, 6) is -0.572. The number of esters is 1. The van der Waals surface area contributed by atoms with Crippen molar-refractivity contribution in [3.63, 3.8) is 0 Å². The second-order valence-corrected chi connectivity index (χ2v) is 5.05. The van der Waals surface area contributed by atoms with Crippen LogP contribution in [0.25, 0.3) is 0 Å². The zero-order valence-corrected chi connectivity index (χ0v) is 15.0. The fourth-order valence-corrected chi connectivity index (χ4v) is 2.32. The van der Waals surface area contributed by atoms with Gasteiger partial charge in [-0.25, -0.2) is 0 Å². The number of hydrogen-bond donors (Lipinski definition) is 0. The van der Waals surface area contributed by atoms with Gasteiger partial charge in [-0.1, -0.05) is 30.3 Å². The third-order valence-corrected chi connectivity index (χ3v) is 3.45. The van der Waals surface area contributed by atoms with E-state index in [9.17, 15) is 14.7 Å². The number of hydrogen-bond acceptors (Lipinski definition) is 6. The van der Waals surface area contributed by atoms with E-state index in [2.05, 4.69) is 4.74 Å². The molecule has 0 radical (unpaired) electrons. The third kappa shape index (κ3) is 7.99. The molecule has 0 fully saturated rings. The van der Waals surface area contributed by atoms with Crippen molar-refractivity contribution >= 4 is 23.3 Å². The molecule has 0 aliphatic carbocycles. The minimum absolute atomic E-state index is 0. The molecule has 1 aromatic heterocycles. The number of carboxylic acids is 1. The van der Waals surface area contributed by atoms with Crippen LogP contribution in [0, 0.1) is 0 Å². The number of thiophene rings is 1. The van der Waals surface area contributed by atoms with Gasteiger partial charge in [-0.05, 0) is 23.9 Å². The summed E-state index contributed by atoms with van der Waals surface area (Å²) in [5, 5.41) is 12.0. The summed E-state index contributed by atoms with van der Waals surface area (Å²) in [6.07, 6.45) is 0.295. The maximum absolute atomic E-state index is 11.0. The van der Waals surface area contributed by atoms with Gasteiger partial charge in [-0.2, -0.15) is 0 Å². The standard InChI is InChI=1S/C9H12O3S.C7H6O2.Ag/c1-3-12-7-4-5-13-8(7)6-9(10)11-2;8-7(9)6-4-2-1-3-5-6;/h4-5H,3,6H2,1-2H3;1-5H,(H,8,9);/q;;+1/p-1. The summed E-state index contributed by atoms with van der Waals surface area (Å²) < 4.78 is 9.89. The van der Waals surface area contributed by atoms with E-state index in [0.717, 1.165) is 10.6 Å². The molecule has 0 saturated heterocycles. The van der Waals surface area contributed by atoms with Crippen LogP contribution in [0.2, 0.25) is 0 Å². The zero-order valence-electron chi connectivity index (χ0n) is 12.7. The summed E-state index contributed by atoms with van der Waals surface area (Å²) >= 11 is 1.51. The maximum Gasteiger partial charge on any atom is 1.00 e. The molecule has 7 heteroatoms. The molecule has 0 unspecified atom stereocenters.